The van der Waals surface area contributed by atoms with Crippen molar-refractivity contribution in [3.63, 3.8) is 0 Å². The molecule has 2 heteroatoms. The van der Waals surface area contributed by atoms with Gasteiger partial charge in [0.2, 0.25) is 0 Å². The molecule has 0 heterocycles. The molecule has 1 nitrogen and oxygen atoms in total. The zero-order valence-electron chi connectivity index (χ0n) is 10.6. The fourth-order valence-corrected chi connectivity index (χ4v) is 3.82. The standard InChI is InChI=1S/C15H19BrO/c1-14(17-2)5-7-15(8-6-14)10-11-3-4-12(16)9-13(11)15/h3-4,9H,5-8,10H2,1-2H3/t14-,15-. The number of hydrogen-bond donors (Lipinski definition) is 0. The van der Waals surface area contributed by atoms with Crippen LogP contribution in [-0.2, 0) is 16.6 Å². The number of rotatable bonds is 1. The first-order valence-electron chi connectivity index (χ1n) is 6.41. The monoisotopic (exact) mass is 294 g/mol. The van der Waals surface area contributed by atoms with Crippen molar-refractivity contribution in [1.29, 1.82) is 0 Å². The molecule has 0 N–H and O–H groups in total. The van der Waals surface area contributed by atoms with Crippen molar-refractivity contribution >= 4 is 15.9 Å². The van der Waals surface area contributed by atoms with Gasteiger partial charge in [0, 0.05) is 11.6 Å². The van der Waals surface area contributed by atoms with Gasteiger partial charge in [0.25, 0.3) is 0 Å². The Bertz CT molecular complexity index is 444. The van der Waals surface area contributed by atoms with E-state index in [0.29, 0.717) is 5.41 Å². The first-order chi connectivity index (χ1) is 8.07. The molecule has 1 saturated carbocycles. The quantitative estimate of drug-likeness (QED) is 0.753. The van der Waals surface area contributed by atoms with Gasteiger partial charge in [-0.1, -0.05) is 22.0 Å². The molecule has 3 rings (SSSR count). The average Bonchev–Trinajstić information content (AvgIpc) is 2.33. The summed E-state index contributed by atoms with van der Waals surface area (Å²) in [5.74, 6) is 0. The second-order valence-corrected chi connectivity index (χ2v) is 6.83. The van der Waals surface area contributed by atoms with Crippen molar-refractivity contribution in [2.24, 2.45) is 0 Å². The Morgan fingerprint density at radius 1 is 1.18 bits per heavy atom. The van der Waals surface area contributed by atoms with Gasteiger partial charge in [-0.2, -0.15) is 0 Å². The maximum absolute atomic E-state index is 5.64. The van der Waals surface area contributed by atoms with Crippen molar-refractivity contribution in [2.75, 3.05) is 7.11 Å². The van der Waals surface area contributed by atoms with E-state index in [9.17, 15) is 0 Å². The van der Waals surface area contributed by atoms with Crippen molar-refractivity contribution < 1.29 is 4.74 Å². The number of benzene rings is 1. The fourth-order valence-electron chi connectivity index (χ4n) is 3.46. The Balaban J connectivity index is 1.84. The molecule has 0 aliphatic heterocycles. The van der Waals surface area contributed by atoms with Gasteiger partial charge >= 0.3 is 0 Å². The van der Waals surface area contributed by atoms with E-state index >= 15 is 0 Å². The number of hydrogen-bond acceptors (Lipinski definition) is 1. The van der Waals surface area contributed by atoms with Gasteiger partial charge in [-0.25, -0.2) is 0 Å². The Hall–Kier alpha value is -0.340. The molecule has 0 bridgehead atoms. The molecule has 1 spiro atoms. The van der Waals surface area contributed by atoms with Gasteiger partial charge in [-0.15, -0.1) is 0 Å². The largest absolute Gasteiger partial charge is 0.379 e. The molecule has 0 aromatic heterocycles. The van der Waals surface area contributed by atoms with Crippen LogP contribution < -0.4 is 0 Å². The molecule has 1 fully saturated rings. The predicted molar refractivity (Wildman–Crippen MR) is 73.4 cm³/mol. The number of methoxy groups -OCH3 is 1. The van der Waals surface area contributed by atoms with Gasteiger partial charge in [-0.3, -0.25) is 0 Å². The Kier molecular flexibility index (Phi) is 2.64. The number of fused-ring (bicyclic) bond motifs is 2. The molecule has 0 radical (unpaired) electrons. The molecule has 0 saturated heterocycles. The molecule has 1 aromatic carbocycles. The summed E-state index contributed by atoms with van der Waals surface area (Å²) >= 11 is 3.59. The number of ether oxygens (including phenoxy) is 1. The van der Waals surface area contributed by atoms with Crippen LogP contribution in [0.5, 0.6) is 0 Å². The molecule has 2 aliphatic rings. The maximum Gasteiger partial charge on any atom is 0.0651 e. The lowest BCUT2D eigenvalue weighted by Gasteiger charge is -2.51. The van der Waals surface area contributed by atoms with Gasteiger partial charge in [0.1, 0.15) is 0 Å². The van der Waals surface area contributed by atoms with E-state index in [-0.39, 0.29) is 5.60 Å². The lowest BCUT2D eigenvalue weighted by molar-refractivity contribution is -0.0425. The van der Waals surface area contributed by atoms with E-state index in [0.717, 1.165) is 0 Å². The summed E-state index contributed by atoms with van der Waals surface area (Å²) in [6.07, 6.45) is 6.21. The van der Waals surface area contributed by atoms with E-state index in [4.69, 9.17) is 4.74 Å². The van der Waals surface area contributed by atoms with E-state index in [1.165, 1.54) is 36.6 Å². The van der Waals surface area contributed by atoms with Gasteiger partial charge in [0.05, 0.1) is 5.60 Å². The summed E-state index contributed by atoms with van der Waals surface area (Å²) in [6.45, 7) is 2.25. The number of halogens is 1. The van der Waals surface area contributed by atoms with Crippen LogP contribution in [0.4, 0.5) is 0 Å². The molecular formula is C15H19BrO. The van der Waals surface area contributed by atoms with Crippen molar-refractivity contribution in [3.8, 4) is 0 Å². The third kappa shape index (κ3) is 1.77. The van der Waals surface area contributed by atoms with E-state index < -0.39 is 0 Å². The van der Waals surface area contributed by atoms with Crippen LogP contribution in [0.25, 0.3) is 0 Å². The molecule has 1 aromatic rings. The van der Waals surface area contributed by atoms with Crippen molar-refractivity contribution in [1.82, 2.24) is 0 Å². The van der Waals surface area contributed by atoms with Crippen LogP contribution in [0, 0.1) is 0 Å². The lowest BCUT2D eigenvalue weighted by atomic mass is 9.55. The molecule has 0 atom stereocenters. The van der Waals surface area contributed by atoms with Crippen molar-refractivity contribution in [3.05, 3.63) is 33.8 Å². The zero-order chi connectivity index (χ0) is 12.1. The first kappa shape index (κ1) is 11.7. The van der Waals surface area contributed by atoms with Crippen LogP contribution in [-0.4, -0.2) is 12.7 Å². The molecule has 92 valence electrons. The Labute approximate surface area is 112 Å². The minimum absolute atomic E-state index is 0.118. The molecule has 0 unspecified atom stereocenters. The van der Waals surface area contributed by atoms with Gasteiger partial charge in [-0.05, 0) is 67.7 Å². The summed E-state index contributed by atoms with van der Waals surface area (Å²) in [6, 6.07) is 6.76. The van der Waals surface area contributed by atoms with E-state index in [1.807, 2.05) is 7.11 Å². The molecular weight excluding hydrogens is 276 g/mol. The van der Waals surface area contributed by atoms with E-state index in [1.54, 1.807) is 11.1 Å². The third-order valence-electron chi connectivity index (χ3n) is 4.93. The van der Waals surface area contributed by atoms with Crippen LogP contribution in [0.15, 0.2) is 22.7 Å². The first-order valence-corrected chi connectivity index (χ1v) is 7.20. The van der Waals surface area contributed by atoms with Crippen molar-refractivity contribution in [2.45, 2.75) is 50.0 Å². The molecule has 17 heavy (non-hydrogen) atoms. The SMILES string of the molecule is CO[C@]1(C)CC[C@@]2(CC1)Cc1ccc(Br)cc12. The summed E-state index contributed by atoms with van der Waals surface area (Å²) in [5, 5.41) is 0. The van der Waals surface area contributed by atoms with Crippen LogP contribution in [0.3, 0.4) is 0 Å². The summed E-state index contributed by atoms with van der Waals surface area (Å²) in [7, 11) is 1.85. The Morgan fingerprint density at radius 3 is 2.53 bits per heavy atom. The zero-order valence-corrected chi connectivity index (χ0v) is 12.1. The summed E-state index contributed by atoms with van der Waals surface area (Å²) < 4.78 is 6.86. The van der Waals surface area contributed by atoms with Gasteiger partial charge < -0.3 is 4.74 Å². The second kappa shape index (κ2) is 3.83. The van der Waals surface area contributed by atoms with Crippen LogP contribution in [0.2, 0.25) is 0 Å². The maximum atomic E-state index is 5.64. The average molecular weight is 295 g/mol. The molecule has 2 aliphatic carbocycles. The second-order valence-electron chi connectivity index (χ2n) is 5.91. The lowest BCUT2D eigenvalue weighted by Crippen LogP contribution is -2.46. The fraction of sp³-hybridized carbons (Fsp3) is 0.600. The van der Waals surface area contributed by atoms with Crippen LogP contribution >= 0.6 is 15.9 Å². The van der Waals surface area contributed by atoms with E-state index in [2.05, 4.69) is 41.1 Å². The highest BCUT2D eigenvalue weighted by Gasteiger charge is 2.47. The smallest absolute Gasteiger partial charge is 0.0651 e. The Morgan fingerprint density at radius 2 is 1.88 bits per heavy atom. The molecule has 0 amide bonds. The summed E-state index contributed by atoms with van der Waals surface area (Å²) in [5.41, 5.74) is 3.73. The minimum Gasteiger partial charge on any atom is -0.379 e. The highest BCUT2D eigenvalue weighted by atomic mass is 79.9. The summed E-state index contributed by atoms with van der Waals surface area (Å²) in [4.78, 5) is 0. The normalized spacial score (nSPS) is 35.5. The topological polar surface area (TPSA) is 9.23 Å². The highest BCUT2D eigenvalue weighted by Crippen LogP contribution is 2.53. The van der Waals surface area contributed by atoms with Crippen LogP contribution in [0.1, 0.15) is 43.7 Å². The highest BCUT2D eigenvalue weighted by molar-refractivity contribution is 9.10. The third-order valence-corrected chi connectivity index (χ3v) is 5.42. The predicted octanol–water partition coefficient (Wildman–Crippen LogP) is 4.22. The van der Waals surface area contributed by atoms with Gasteiger partial charge in [0.15, 0.2) is 0 Å². The minimum atomic E-state index is 0.118.